The lowest BCUT2D eigenvalue weighted by Crippen LogP contribution is -2.20. The highest BCUT2D eigenvalue weighted by atomic mass is 32.2. The summed E-state index contributed by atoms with van der Waals surface area (Å²) in [6, 6.07) is 8.02. The Morgan fingerprint density at radius 3 is 2.68 bits per heavy atom. The Morgan fingerprint density at radius 2 is 2.00 bits per heavy atom. The molecule has 1 heterocycles. The molecular weight excluding hydrogens is 266 g/mol. The van der Waals surface area contributed by atoms with Gasteiger partial charge in [0.25, 0.3) is 0 Å². The van der Waals surface area contributed by atoms with Crippen LogP contribution in [0.5, 0.6) is 0 Å². The third-order valence-electron chi connectivity index (χ3n) is 2.77. The molecule has 1 aromatic heterocycles. The molecule has 0 aliphatic heterocycles. The molecule has 1 unspecified atom stereocenters. The first-order valence-electron chi connectivity index (χ1n) is 5.86. The van der Waals surface area contributed by atoms with Crippen molar-refractivity contribution < 1.29 is 8.78 Å². The maximum absolute atomic E-state index is 13.6. The van der Waals surface area contributed by atoms with E-state index in [-0.39, 0.29) is 17.7 Å². The molecule has 1 aromatic carbocycles. The molecule has 0 radical (unpaired) electrons. The predicted octanol–water partition coefficient (Wildman–Crippen LogP) is 3.41. The van der Waals surface area contributed by atoms with Gasteiger partial charge in [-0.1, -0.05) is 12.1 Å². The van der Waals surface area contributed by atoms with Gasteiger partial charge >= 0.3 is 0 Å². The molecule has 2 rings (SSSR count). The van der Waals surface area contributed by atoms with Crippen molar-refractivity contribution in [3.63, 3.8) is 0 Å². The molecule has 0 amide bonds. The van der Waals surface area contributed by atoms with E-state index in [0.29, 0.717) is 16.2 Å². The minimum absolute atomic E-state index is 0.187. The zero-order valence-corrected chi connectivity index (χ0v) is 11.3. The quantitative estimate of drug-likeness (QED) is 0.850. The van der Waals surface area contributed by atoms with E-state index < -0.39 is 0 Å². The first kappa shape index (κ1) is 14.0. The van der Waals surface area contributed by atoms with Crippen molar-refractivity contribution >= 4 is 11.8 Å². The molecule has 1 N–H and O–H groups in total. The summed E-state index contributed by atoms with van der Waals surface area (Å²) < 4.78 is 27.1. The van der Waals surface area contributed by atoms with Gasteiger partial charge in [-0.3, -0.25) is 4.98 Å². The van der Waals surface area contributed by atoms with Crippen LogP contribution in [0, 0.1) is 11.6 Å². The average molecular weight is 280 g/mol. The van der Waals surface area contributed by atoms with Crippen molar-refractivity contribution in [2.24, 2.45) is 0 Å². The predicted molar refractivity (Wildman–Crippen MR) is 73.1 cm³/mol. The molecule has 0 fully saturated rings. The van der Waals surface area contributed by atoms with Crippen molar-refractivity contribution in [1.82, 2.24) is 10.3 Å². The van der Waals surface area contributed by atoms with Crippen LogP contribution in [0.1, 0.15) is 11.6 Å². The number of halogens is 2. The zero-order valence-electron chi connectivity index (χ0n) is 10.4. The van der Waals surface area contributed by atoms with E-state index >= 15 is 0 Å². The molecule has 0 saturated carbocycles. The van der Waals surface area contributed by atoms with Crippen molar-refractivity contribution in [1.29, 1.82) is 0 Å². The molecule has 0 aliphatic rings. The Morgan fingerprint density at radius 1 is 1.21 bits per heavy atom. The van der Waals surface area contributed by atoms with Crippen LogP contribution in [0.2, 0.25) is 0 Å². The zero-order chi connectivity index (χ0) is 13.7. The van der Waals surface area contributed by atoms with E-state index in [4.69, 9.17) is 0 Å². The van der Waals surface area contributed by atoms with Crippen molar-refractivity contribution in [3.05, 3.63) is 59.9 Å². The number of benzene rings is 1. The Bertz CT molecular complexity index is 548. The highest BCUT2D eigenvalue weighted by Crippen LogP contribution is 2.27. The van der Waals surface area contributed by atoms with Crippen LogP contribution < -0.4 is 5.32 Å². The van der Waals surface area contributed by atoms with E-state index in [1.807, 2.05) is 0 Å². The average Bonchev–Trinajstić information content (AvgIpc) is 2.43. The van der Waals surface area contributed by atoms with Crippen molar-refractivity contribution in [2.75, 3.05) is 12.8 Å². The van der Waals surface area contributed by atoms with E-state index in [0.717, 1.165) is 0 Å². The van der Waals surface area contributed by atoms with Gasteiger partial charge in [0, 0.05) is 28.5 Å². The third-order valence-corrected chi connectivity index (χ3v) is 3.91. The van der Waals surface area contributed by atoms with Crippen LogP contribution in [-0.2, 0) is 0 Å². The maximum Gasteiger partial charge on any atom is 0.146 e. The lowest BCUT2D eigenvalue weighted by atomic mass is 10.1. The summed E-state index contributed by atoms with van der Waals surface area (Å²) in [6.07, 6.45) is 2.74. The van der Waals surface area contributed by atoms with Crippen LogP contribution in [0.4, 0.5) is 8.78 Å². The smallest absolute Gasteiger partial charge is 0.146 e. The molecule has 5 heteroatoms. The summed E-state index contributed by atoms with van der Waals surface area (Å²) in [7, 11) is 1.76. The Labute approximate surface area is 115 Å². The second-order valence-electron chi connectivity index (χ2n) is 3.98. The fraction of sp³-hybridized carbons (Fsp3) is 0.214. The number of aromatic nitrogens is 1. The van der Waals surface area contributed by atoms with Crippen LogP contribution in [-0.4, -0.2) is 17.8 Å². The summed E-state index contributed by atoms with van der Waals surface area (Å²) in [5, 5.41) is 3.04. The number of pyridine rings is 1. The summed E-state index contributed by atoms with van der Waals surface area (Å²) in [6.45, 7) is 0. The third kappa shape index (κ3) is 3.52. The summed E-state index contributed by atoms with van der Waals surface area (Å²) >= 11 is 1.36. The normalized spacial score (nSPS) is 12.4. The molecule has 100 valence electrons. The lowest BCUT2D eigenvalue weighted by Gasteiger charge is -2.16. The highest BCUT2D eigenvalue weighted by molar-refractivity contribution is 7.99. The summed E-state index contributed by atoms with van der Waals surface area (Å²) in [4.78, 5) is 4.29. The van der Waals surface area contributed by atoms with E-state index in [9.17, 15) is 8.78 Å². The van der Waals surface area contributed by atoms with Gasteiger partial charge in [-0.15, -0.1) is 11.8 Å². The molecule has 0 aliphatic carbocycles. The van der Waals surface area contributed by atoms with Gasteiger partial charge in [-0.2, -0.15) is 0 Å². The maximum atomic E-state index is 13.6. The van der Waals surface area contributed by atoms with Gasteiger partial charge < -0.3 is 5.32 Å². The van der Waals surface area contributed by atoms with Crippen LogP contribution in [0.25, 0.3) is 0 Å². The lowest BCUT2D eigenvalue weighted by molar-refractivity contribution is 0.560. The van der Waals surface area contributed by atoms with E-state index in [1.54, 1.807) is 37.5 Å². The van der Waals surface area contributed by atoms with E-state index in [2.05, 4.69) is 10.3 Å². The van der Waals surface area contributed by atoms with Crippen LogP contribution >= 0.6 is 11.8 Å². The van der Waals surface area contributed by atoms with Gasteiger partial charge in [0.2, 0.25) is 0 Å². The number of thioether (sulfide) groups is 1. The second-order valence-corrected chi connectivity index (χ2v) is 5.04. The standard InChI is InChI=1S/C14H14F2N2S/c1-17-13(10-6-7-18-8-12(10)16)9-19-14-5-3-2-4-11(14)15/h2-8,13,17H,9H2,1H3. The minimum atomic E-state index is -0.351. The topological polar surface area (TPSA) is 24.9 Å². The van der Waals surface area contributed by atoms with Crippen molar-refractivity contribution in [2.45, 2.75) is 10.9 Å². The fourth-order valence-electron chi connectivity index (χ4n) is 1.73. The Hall–Kier alpha value is -1.46. The molecule has 0 spiro atoms. The number of hydrogen-bond donors (Lipinski definition) is 1. The summed E-state index contributed by atoms with van der Waals surface area (Å²) in [5.41, 5.74) is 0.543. The van der Waals surface area contributed by atoms with Gasteiger partial charge in [-0.25, -0.2) is 8.78 Å². The molecule has 19 heavy (non-hydrogen) atoms. The molecular formula is C14H14F2N2S. The Balaban J connectivity index is 2.09. The largest absolute Gasteiger partial charge is 0.312 e. The molecule has 0 saturated heterocycles. The number of hydrogen-bond acceptors (Lipinski definition) is 3. The van der Waals surface area contributed by atoms with Gasteiger partial charge in [0.15, 0.2) is 0 Å². The van der Waals surface area contributed by atoms with Gasteiger partial charge in [0.05, 0.1) is 6.20 Å². The molecule has 2 aromatic rings. The Kier molecular flexibility index (Phi) is 4.87. The van der Waals surface area contributed by atoms with Gasteiger partial charge in [0.1, 0.15) is 11.6 Å². The first-order chi connectivity index (χ1) is 9.22. The molecule has 1 atom stereocenters. The van der Waals surface area contributed by atoms with Gasteiger partial charge in [-0.05, 0) is 25.2 Å². The first-order valence-corrected chi connectivity index (χ1v) is 6.85. The van der Waals surface area contributed by atoms with E-state index in [1.165, 1.54) is 24.0 Å². The number of nitrogens with zero attached hydrogens (tertiary/aromatic N) is 1. The van der Waals surface area contributed by atoms with Crippen LogP contribution in [0.3, 0.4) is 0 Å². The SMILES string of the molecule is CNC(CSc1ccccc1F)c1ccncc1F. The monoisotopic (exact) mass is 280 g/mol. The number of nitrogens with one attached hydrogen (secondary N) is 1. The molecule has 0 bridgehead atoms. The van der Waals surface area contributed by atoms with Crippen LogP contribution in [0.15, 0.2) is 47.6 Å². The second kappa shape index (κ2) is 6.63. The number of rotatable bonds is 5. The highest BCUT2D eigenvalue weighted by Gasteiger charge is 2.15. The summed E-state index contributed by atoms with van der Waals surface area (Å²) in [5.74, 6) is -0.0632. The molecule has 2 nitrogen and oxygen atoms in total. The minimum Gasteiger partial charge on any atom is -0.312 e. The van der Waals surface area contributed by atoms with Crippen molar-refractivity contribution in [3.8, 4) is 0 Å². The fourth-order valence-corrected chi connectivity index (χ4v) is 2.81.